The molecule has 6 nitrogen and oxygen atoms in total. The van der Waals surface area contributed by atoms with Gasteiger partial charge in [-0.25, -0.2) is 4.98 Å². The standard InChI is InChI=1S/C25H31N5OS/c1-19-14-20(2)16-22(15-19)30-9-8-26-25(30)32-18-24(31)27-17-21-6-4-5-7-23(21)29-12-10-28(3)11-13-29/h4-9,14-16H,10-13,17-18H2,1-3H3,(H,27,31). The maximum Gasteiger partial charge on any atom is 0.230 e. The SMILES string of the molecule is Cc1cc(C)cc(-n2ccnc2SCC(=O)NCc2ccccc2N2CCN(C)CC2)c1. The molecule has 1 fully saturated rings. The van der Waals surface area contributed by atoms with Crippen molar-refractivity contribution >= 4 is 23.4 Å². The van der Waals surface area contributed by atoms with E-state index in [1.54, 1.807) is 6.20 Å². The van der Waals surface area contributed by atoms with Gasteiger partial charge in [0, 0.05) is 56.5 Å². The normalized spacial score (nSPS) is 14.5. The maximum atomic E-state index is 12.6. The molecule has 3 aromatic rings. The molecule has 4 rings (SSSR count). The van der Waals surface area contributed by atoms with Crippen LogP contribution in [0.3, 0.4) is 0 Å². The molecule has 1 N–H and O–H groups in total. The Balaban J connectivity index is 1.35. The van der Waals surface area contributed by atoms with Gasteiger partial charge in [0.15, 0.2) is 5.16 Å². The second kappa shape index (κ2) is 10.2. The van der Waals surface area contributed by atoms with Crippen molar-refractivity contribution in [2.45, 2.75) is 25.5 Å². The minimum absolute atomic E-state index is 0.0122. The number of thioether (sulfide) groups is 1. The molecule has 0 spiro atoms. The van der Waals surface area contributed by atoms with Gasteiger partial charge in [0.2, 0.25) is 5.91 Å². The average Bonchev–Trinajstić information content (AvgIpc) is 3.25. The minimum atomic E-state index is 0.0122. The van der Waals surface area contributed by atoms with Crippen molar-refractivity contribution in [1.82, 2.24) is 19.8 Å². The fraction of sp³-hybridized carbons (Fsp3) is 0.360. The third-order valence-corrected chi connectivity index (χ3v) is 6.70. The first-order valence-electron chi connectivity index (χ1n) is 11.0. The number of aromatic nitrogens is 2. The van der Waals surface area contributed by atoms with Crippen LogP contribution in [0.25, 0.3) is 5.69 Å². The number of imidazole rings is 1. The number of aryl methyl sites for hydroxylation is 2. The van der Waals surface area contributed by atoms with Gasteiger partial charge in [0.05, 0.1) is 5.75 Å². The molecule has 0 bridgehead atoms. The summed E-state index contributed by atoms with van der Waals surface area (Å²) >= 11 is 1.46. The summed E-state index contributed by atoms with van der Waals surface area (Å²) in [5.41, 5.74) is 5.87. The molecule has 32 heavy (non-hydrogen) atoms. The monoisotopic (exact) mass is 449 g/mol. The molecule has 1 aliphatic heterocycles. The third-order valence-electron chi connectivity index (χ3n) is 5.74. The van der Waals surface area contributed by atoms with E-state index >= 15 is 0 Å². The number of benzene rings is 2. The number of para-hydroxylation sites is 1. The lowest BCUT2D eigenvalue weighted by molar-refractivity contribution is -0.118. The molecule has 0 radical (unpaired) electrons. The Labute approximate surface area is 194 Å². The van der Waals surface area contributed by atoms with Crippen LogP contribution in [0.15, 0.2) is 60.0 Å². The van der Waals surface area contributed by atoms with E-state index in [9.17, 15) is 4.79 Å². The zero-order valence-corrected chi connectivity index (χ0v) is 19.9. The van der Waals surface area contributed by atoms with E-state index in [-0.39, 0.29) is 5.91 Å². The summed E-state index contributed by atoms with van der Waals surface area (Å²) in [4.78, 5) is 21.8. The van der Waals surface area contributed by atoms with Gasteiger partial charge in [-0.15, -0.1) is 0 Å². The van der Waals surface area contributed by atoms with Crippen LogP contribution in [0, 0.1) is 13.8 Å². The van der Waals surface area contributed by atoms with E-state index in [1.165, 1.54) is 28.6 Å². The van der Waals surface area contributed by atoms with Crippen molar-refractivity contribution in [3.05, 3.63) is 71.5 Å². The van der Waals surface area contributed by atoms with E-state index in [0.29, 0.717) is 12.3 Å². The van der Waals surface area contributed by atoms with Gasteiger partial charge in [-0.05, 0) is 55.8 Å². The fourth-order valence-electron chi connectivity index (χ4n) is 4.07. The molecule has 2 aromatic carbocycles. The number of carbonyl (C=O) groups excluding carboxylic acids is 1. The Morgan fingerprint density at radius 3 is 2.53 bits per heavy atom. The third kappa shape index (κ3) is 5.53. The number of carbonyl (C=O) groups is 1. The van der Waals surface area contributed by atoms with Crippen LogP contribution in [0.5, 0.6) is 0 Å². The van der Waals surface area contributed by atoms with Gasteiger partial charge >= 0.3 is 0 Å². The Hall–Kier alpha value is -2.77. The van der Waals surface area contributed by atoms with Crippen LogP contribution in [0.4, 0.5) is 5.69 Å². The fourth-order valence-corrected chi connectivity index (χ4v) is 4.88. The van der Waals surface area contributed by atoms with Crippen LogP contribution in [0.2, 0.25) is 0 Å². The number of likely N-dealkylation sites (N-methyl/N-ethyl adjacent to an activating group) is 1. The quantitative estimate of drug-likeness (QED) is 0.558. The summed E-state index contributed by atoms with van der Waals surface area (Å²) in [5.74, 6) is 0.344. The summed E-state index contributed by atoms with van der Waals surface area (Å²) in [6.07, 6.45) is 3.73. The number of nitrogens with one attached hydrogen (secondary N) is 1. The van der Waals surface area contributed by atoms with Crippen molar-refractivity contribution in [1.29, 1.82) is 0 Å². The number of nitrogens with zero attached hydrogens (tertiary/aromatic N) is 4. The van der Waals surface area contributed by atoms with Crippen molar-refractivity contribution in [3.63, 3.8) is 0 Å². The lowest BCUT2D eigenvalue weighted by atomic mass is 10.1. The second-order valence-electron chi connectivity index (χ2n) is 8.41. The molecule has 0 atom stereocenters. The number of rotatable bonds is 7. The molecule has 0 unspecified atom stereocenters. The molecule has 0 aliphatic carbocycles. The minimum Gasteiger partial charge on any atom is -0.369 e. The van der Waals surface area contributed by atoms with E-state index in [1.807, 2.05) is 16.8 Å². The molecule has 1 saturated heterocycles. The molecule has 2 heterocycles. The van der Waals surface area contributed by atoms with Crippen molar-refractivity contribution in [3.8, 4) is 5.69 Å². The predicted molar refractivity (Wildman–Crippen MR) is 132 cm³/mol. The lowest BCUT2D eigenvalue weighted by Crippen LogP contribution is -2.45. The van der Waals surface area contributed by atoms with Crippen molar-refractivity contribution in [2.75, 3.05) is 43.9 Å². The number of anilines is 1. The molecule has 1 amide bonds. The first-order chi connectivity index (χ1) is 15.5. The zero-order valence-electron chi connectivity index (χ0n) is 19.0. The van der Waals surface area contributed by atoms with Gasteiger partial charge in [-0.1, -0.05) is 36.0 Å². The molecule has 168 valence electrons. The molecule has 1 aromatic heterocycles. The van der Waals surface area contributed by atoms with E-state index < -0.39 is 0 Å². The maximum absolute atomic E-state index is 12.6. The molecular weight excluding hydrogens is 418 g/mol. The highest BCUT2D eigenvalue weighted by Crippen LogP contribution is 2.23. The Morgan fingerprint density at radius 2 is 1.78 bits per heavy atom. The lowest BCUT2D eigenvalue weighted by Gasteiger charge is -2.35. The summed E-state index contributed by atoms with van der Waals surface area (Å²) in [6.45, 7) is 8.86. The highest BCUT2D eigenvalue weighted by molar-refractivity contribution is 7.99. The van der Waals surface area contributed by atoms with Crippen LogP contribution in [-0.4, -0.2) is 59.3 Å². The number of hydrogen-bond acceptors (Lipinski definition) is 5. The van der Waals surface area contributed by atoms with Crippen LogP contribution >= 0.6 is 11.8 Å². The van der Waals surface area contributed by atoms with Crippen molar-refractivity contribution in [2.24, 2.45) is 0 Å². The zero-order chi connectivity index (χ0) is 22.5. The Kier molecular flexibility index (Phi) is 7.17. The summed E-state index contributed by atoms with van der Waals surface area (Å²) in [7, 11) is 2.16. The average molecular weight is 450 g/mol. The first-order valence-corrected chi connectivity index (χ1v) is 12.0. The van der Waals surface area contributed by atoms with Crippen LogP contribution < -0.4 is 10.2 Å². The van der Waals surface area contributed by atoms with Gasteiger partial charge in [-0.2, -0.15) is 0 Å². The highest BCUT2D eigenvalue weighted by atomic mass is 32.2. The number of amides is 1. The Bertz CT molecular complexity index is 1050. The molecular formula is C25H31N5OS. The summed E-state index contributed by atoms with van der Waals surface area (Å²) in [5, 5.41) is 3.92. The largest absolute Gasteiger partial charge is 0.369 e. The van der Waals surface area contributed by atoms with Gasteiger partial charge in [0.25, 0.3) is 0 Å². The second-order valence-corrected chi connectivity index (χ2v) is 9.35. The van der Waals surface area contributed by atoms with Gasteiger partial charge in [0.1, 0.15) is 0 Å². The van der Waals surface area contributed by atoms with Gasteiger partial charge in [-0.3, -0.25) is 9.36 Å². The summed E-state index contributed by atoms with van der Waals surface area (Å²) < 4.78 is 2.04. The smallest absolute Gasteiger partial charge is 0.230 e. The Morgan fingerprint density at radius 1 is 1.06 bits per heavy atom. The van der Waals surface area contributed by atoms with E-state index in [0.717, 1.165) is 42.6 Å². The van der Waals surface area contributed by atoms with E-state index in [4.69, 9.17) is 0 Å². The number of hydrogen-bond donors (Lipinski definition) is 1. The number of piperazine rings is 1. The highest BCUT2D eigenvalue weighted by Gasteiger charge is 2.17. The topological polar surface area (TPSA) is 53.4 Å². The molecule has 1 aliphatic rings. The first kappa shape index (κ1) is 22.4. The van der Waals surface area contributed by atoms with Crippen LogP contribution in [-0.2, 0) is 11.3 Å². The molecule has 7 heteroatoms. The van der Waals surface area contributed by atoms with E-state index in [2.05, 4.69) is 77.4 Å². The van der Waals surface area contributed by atoms with Crippen LogP contribution in [0.1, 0.15) is 16.7 Å². The van der Waals surface area contributed by atoms with Crippen molar-refractivity contribution < 1.29 is 4.79 Å². The van der Waals surface area contributed by atoms with Gasteiger partial charge < -0.3 is 15.1 Å². The molecule has 0 saturated carbocycles. The predicted octanol–water partition coefficient (Wildman–Crippen LogP) is 3.65. The summed E-state index contributed by atoms with van der Waals surface area (Å²) in [6, 6.07) is 14.8.